The zero-order valence-electron chi connectivity index (χ0n) is 15.6. The number of nitrogens with zero attached hydrogens (tertiary/aromatic N) is 6. The summed E-state index contributed by atoms with van der Waals surface area (Å²) in [6.07, 6.45) is 2.91. The van der Waals surface area contributed by atoms with Crippen molar-refractivity contribution in [3.8, 4) is 0 Å². The Morgan fingerprint density at radius 3 is 2.82 bits per heavy atom. The van der Waals surface area contributed by atoms with Gasteiger partial charge in [0.1, 0.15) is 0 Å². The van der Waals surface area contributed by atoms with Gasteiger partial charge in [0.25, 0.3) is 5.56 Å². The quantitative estimate of drug-likeness (QED) is 0.402. The first-order chi connectivity index (χ1) is 13.6. The second kappa shape index (κ2) is 9.14. The van der Waals surface area contributed by atoms with Crippen molar-refractivity contribution < 1.29 is 0 Å². The number of piperazine rings is 1. The fourth-order valence-electron chi connectivity index (χ4n) is 3.10. The molecule has 11 heteroatoms. The smallest absolute Gasteiger partial charge is 0.258 e. The lowest BCUT2D eigenvalue weighted by molar-refractivity contribution is 0.0972. The van der Waals surface area contributed by atoms with Crippen LogP contribution in [0.3, 0.4) is 0 Å². The summed E-state index contributed by atoms with van der Waals surface area (Å²) in [5.41, 5.74) is 0.842. The zero-order chi connectivity index (χ0) is 19.5. The molecule has 0 N–H and O–H groups in total. The Labute approximate surface area is 180 Å². The predicted octanol–water partition coefficient (Wildman–Crippen LogP) is 3.02. The minimum Gasteiger partial charge on any atom is -0.295 e. The molecule has 0 radical (unpaired) electrons. The summed E-state index contributed by atoms with van der Waals surface area (Å²) in [6.45, 7) is 7.43. The summed E-state index contributed by atoms with van der Waals surface area (Å²) < 4.78 is 5.44. The van der Waals surface area contributed by atoms with Gasteiger partial charge in [0.15, 0.2) is 13.3 Å². The molecular weight excluding hydrogens is 432 g/mol. The Bertz CT molecular complexity index is 1050. The highest BCUT2D eigenvalue weighted by molar-refractivity contribution is 8.01. The van der Waals surface area contributed by atoms with E-state index in [0.29, 0.717) is 6.54 Å². The standard InChI is InChI=1S/C17H22N6OS4/c1-2-8-27-16-19-23(17(25)28-16)12-21-5-3-20(4-6-21)11-13-10-14(24)22-7-9-26-15(22)18-13/h7,9-10H,2-6,8,11-12H2,1H3. The summed E-state index contributed by atoms with van der Waals surface area (Å²) >= 11 is 10.4. The lowest BCUT2D eigenvalue weighted by Crippen LogP contribution is -2.46. The van der Waals surface area contributed by atoms with Crippen LogP contribution in [0.4, 0.5) is 0 Å². The van der Waals surface area contributed by atoms with Crippen molar-refractivity contribution in [3.63, 3.8) is 0 Å². The SMILES string of the molecule is CCCSc1nn(CN2CCN(Cc3cc(=O)n4ccsc4n3)CC2)c(=S)s1. The average Bonchev–Trinajstić information content (AvgIpc) is 3.29. The molecule has 0 bridgehead atoms. The number of hydrogen-bond donors (Lipinski definition) is 0. The topological polar surface area (TPSA) is 58.7 Å². The van der Waals surface area contributed by atoms with Gasteiger partial charge in [-0.1, -0.05) is 30.0 Å². The lowest BCUT2D eigenvalue weighted by atomic mass is 10.3. The second-order valence-electron chi connectivity index (χ2n) is 6.66. The number of rotatable bonds is 7. The van der Waals surface area contributed by atoms with Crippen LogP contribution in [-0.2, 0) is 13.2 Å². The number of fused-ring (bicyclic) bond motifs is 1. The third-order valence-corrected chi connectivity index (χ3v) is 7.96. The van der Waals surface area contributed by atoms with Crippen LogP contribution in [0.1, 0.15) is 19.0 Å². The maximum atomic E-state index is 12.1. The van der Waals surface area contributed by atoms with Crippen LogP contribution in [0.5, 0.6) is 0 Å². The molecule has 3 aromatic rings. The van der Waals surface area contributed by atoms with E-state index in [2.05, 4.69) is 26.8 Å². The molecule has 0 unspecified atom stereocenters. The Hall–Kier alpha value is -1.11. The van der Waals surface area contributed by atoms with E-state index in [1.54, 1.807) is 39.8 Å². The molecular formula is C17H22N6OS4. The van der Waals surface area contributed by atoms with Gasteiger partial charge in [-0.15, -0.1) is 11.3 Å². The van der Waals surface area contributed by atoms with E-state index in [1.165, 1.54) is 11.3 Å². The van der Waals surface area contributed by atoms with Crippen molar-refractivity contribution in [1.29, 1.82) is 0 Å². The van der Waals surface area contributed by atoms with Crippen molar-refractivity contribution in [2.24, 2.45) is 0 Å². The monoisotopic (exact) mass is 454 g/mol. The average molecular weight is 455 g/mol. The van der Waals surface area contributed by atoms with Crippen molar-refractivity contribution in [3.05, 3.63) is 37.6 Å². The van der Waals surface area contributed by atoms with Crippen molar-refractivity contribution in [2.75, 3.05) is 31.9 Å². The molecule has 1 fully saturated rings. The fraction of sp³-hybridized carbons (Fsp3) is 0.529. The molecule has 0 aliphatic carbocycles. The molecule has 1 aliphatic heterocycles. The molecule has 0 atom stereocenters. The minimum absolute atomic E-state index is 0.00506. The molecule has 0 aromatic carbocycles. The number of hydrogen-bond acceptors (Lipinski definition) is 9. The van der Waals surface area contributed by atoms with Crippen LogP contribution in [-0.4, -0.2) is 60.9 Å². The van der Waals surface area contributed by atoms with Gasteiger partial charge >= 0.3 is 0 Å². The van der Waals surface area contributed by atoms with Crippen molar-refractivity contribution >= 4 is 51.6 Å². The molecule has 150 valence electrons. The summed E-state index contributed by atoms with van der Waals surface area (Å²) in [5, 5.41) is 6.55. The second-order valence-corrected chi connectivity index (χ2v) is 10.5. The van der Waals surface area contributed by atoms with Gasteiger partial charge in [-0.05, 0) is 18.6 Å². The molecule has 28 heavy (non-hydrogen) atoms. The van der Waals surface area contributed by atoms with E-state index in [1.807, 2.05) is 10.1 Å². The van der Waals surface area contributed by atoms with Crippen LogP contribution in [0.15, 0.2) is 26.8 Å². The fourth-order valence-corrected chi connectivity index (χ4v) is 6.08. The van der Waals surface area contributed by atoms with E-state index < -0.39 is 0 Å². The highest BCUT2D eigenvalue weighted by Crippen LogP contribution is 2.22. The minimum atomic E-state index is -0.00506. The van der Waals surface area contributed by atoms with Gasteiger partial charge in [0.2, 0.25) is 0 Å². The Morgan fingerprint density at radius 1 is 1.25 bits per heavy atom. The molecule has 1 saturated heterocycles. The molecule has 3 aromatic heterocycles. The van der Waals surface area contributed by atoms with Gasteiger partial charge in [-0.3, -0.25) is 19.0 Å². The number of thioether (sulfide) groups is 1. The molecule has 7 nitrogen and oxygen atoms in total. The van der Waals surface area contributed by atoms with E-state index in [9.17, 15) is 4.79 Å². The predicted molar refractivity (Wildman–Crippen MR) is 118 cm³/mol. The number of aromatic nitrogens is 4. The van der Waals surface area contributed by atoms with Gasteiger partial charge in [0.05, 0.1) is 12.4 Å². The highest BCUT2D eigenvalue weighted by atomic mass is 32.2. The molecule has 0 spiro atoms. The molecule has 1 aliphatic rings. The summed E-state index contributed by atoms with van der Waals surface area (Å²) in [7, 11) is 0. The summed E-state index contributed by atoms with van der Waals surface area (Å²) in [5.74, 6) is 1.08. The molecule has 0 saturated carbocycles. The zero-order valence-corrected chi connectivity index (χ0v) is 18.9. The van der Waals surface area contributed by atoms with Crippen LogP contribution in [0.2, 0.25) is 0 Å². The van der Waals surface area contributed by atoms with Gasteiger partial charge in [-0.25, -0.2) is 9.67 Å². The first-order valence-electron chi connectivity index (χ1n) is 9.23. The van der Waals surface area contributed by atoms with Crippen molar-refractivity contribution in [1.82, 2.24) is 29.0 Å². The van der Waals surface area contributed by atoms with Crippen LogP contribution in [0.25, 0.3) is 4.96 Å². The van der Waals surface area contributed by atoms with Crippen LogP contribution < -0.4 is 5.56 Å². The van der Waals surface area contributed by atoms with Gasteiger partial charge < -0.3 is 0 Å². The normalized spacial score (nSPS) is 16.2. The maximum absolute atomic E-state index is 12.1. The summed E-state index contributed by atoms with van der Waals surface area (Å²) in [4.78, 5) is 22.2. The molecule has 4 rings (SSSR count). The first kappa shape index (κ1) is 20.2. The Kier molecular flexibility index (Phi) is 6.59. The highest BCUT2D eigenvalue weighted by Gasteiger charge is 2.19. The molecule has 4 heterocycles. The van der Waals surface area contributed by atoms with Crippen LogP contribution >= 0.6 is 46.7 Å². The number of thiazole rings is 1. The first-order valence-corrected chi connectivity index (χ1v) is 12.3. The van der Waals surface area contributed by atoms with E-state index in [4.69, 9.17) is 12.2 Å². The lowest BCUT2D eigenvalue weighted by Gasteiger charge is -2.34. The van der Waals surface area contributed by atoms with Gasteiger partial charge in [0, 0.05) is 56.1 Å². The van der Waals surface area contributed by atoms with E-state index in [-0.39, 0.29) is 5.56 Å². The van der Waals surface area contributed by atoms with E-state index >= 15 is 0 Å². The van der Waals surface area contributed by atoms with E-state index in [0.717, 1.165) is 64.0 Å². The Balaban J connectivity index is 1.32. The van der Waals surface area contributed by atoms with Gasteiger partial charge in [-0.2, -0.15) is 5.10 Å². The molecule has 0 amide bonds. The third-order valence-electron chi connectivity index (χ3n) is 4.56. The van der Waals surface area contributed by atoms with Crippen molar-refractivity contribution in [2.45, 2.75) is 30.9 Å². The van der Waals surface area contributed by atoms with Crippen LogP contribution in [0, 0.1) is 3.95 Å². The maximum Gasteiger partial charge on any atom is 0.258 e. The largest absolute Gasteiger partial charge is 0.295 e. The third kappa shape index (κ3) is 4.71. The Morgan fingerprint density at radius 2 is 2.04 bits per heavy atom. The summed E-state index contributed by atoms with van der Waals surface area (Å²) in [6, 6.07) is 1.65.